The lowest BCUT2D eigenvalue weighted by atomic mass is 10.1. The summed E-state index contributed by atoms with van der Waals surface area (Å²) in [4.78, 5) is 8.95. The molecule has 2 aromatic carbocycles. The van der Waals surface area contributed by atoms with E-state index in [0.717, 1.165) is 44.4 Å². The van der Waals surface area contributed by atoms with Crippen LogP contribution in [-0.4, -0.2) is 55.3 Å². The Morgan fingerprint density at radius 1 is 1.07 bits per heavy atom. The Hall–Kier alpha value is -2.73. The van der Waals surface area contributed by atoms with Crippen molar-refractivity contribution in [2.45, 2.75) is 33.1 Å². The van der Waals surface area contributed by atoms with Crippen LogP contribution in [0, 0.1) is 0 Å². The Balaban J connectivity index is 1.53. The molecule has 1 fully saturated rings. The first kappa shape index (κ1) is 21.0. The predicted octanol–water partition coefficient (Wildman–Crippen LogP) is 3.21. The van der Waals surface area contributed by atoms with Crippen LogP contribution in [0.3, 0.4) is 0 Å². The number of phenols is 1. The number of piperazine rings is 1. The van der Waals surface area contributed by atoms with E-state index in [1.807, 2.05) is 39.1 Å². The van der Waals surface area contributed by atoms with E-state index >= 15 is 0 Å². The summed E-state index contributed by atoms with van der Waals surface area (Å²) in [6, 6.07) is 16.0. The van der Waals surface area contributed by atoms with E-state index in [-0.39, 0.29) is 6.10 Å². The maximum Gasteiger partial charge on any atom is 0.194 e. The summed E-state index contributed by atoms with van der Waals surface area (Å²) in [5, 5.41) is 13.6. The normalized spacial score (nSPS) is 15.1. The number of aliphatic imine (C=N–C) groups is 1. The van der Waals surface area contributed by atoms with Gasteiger partial charge in [0, 0.05) is 39.8 Å². The highest BCUT2D eigenvalue weighted by molar-refractivity contribution is 5.80. The number of para-hydroxylation sites is 2. The van der Waals surface area contributed by atoms with Crippen LogP contribution in [0.5, 0.6) is 5.75 Å². The van der Waals surface area contributed by atoms with Crippen molar-refractivity contribution in [1.82, 2.24) is 10.2 Å². The highest BCUT2D eigenvalue weighted by atomic mass is 16.5. The van der Waals surface area contributed by atoms with Gasteiger partial charge in [0.05, 0.1) is 18.4 Å². The lowest BCUT2D eigenvalue weighted by Crippen LogP contribution is -2.52. The summed E-state index contributed by atoms with van der Waals surface area (Å²) >= 11 is 0. The zero-order valence-corrected chi connectivity index (χ0v) is 17.6. The van der Waals surface area contributed by atoms with Crippen LogP contribution in [-0.2, 0) is 17.9 Å². The Kier molecular flexibility index (Phi) is 7.36. The van der Waals surface area contributed by atoms with Crippen molar-refractivity contribution in [2.24, 2.45) is 4.99 Å². The molecule has 6 nitrogen and oxygen atoms in total. The summed E-state index contributed by atoms with van der Waals surface area (Å²) in [5.41, 5.74) is 3.30. The van der Waals surface area contributed by atoms with Crippen LogP contribution in [0.4, 0.5) is 5.69 Å². The van der Waals surface area contributed by atoms with Gasteiger partial charge in [-0.3, -0.25) is 4.99 Å². The molecular weight excluding hydrogens is 364 g/mol. The zero-order valence-electron chi connectivity index (χ0n) is 17.6. The fraction of sp³-hybridized carbons (Fsp3) is 0.435. The molecule has 2 aromatic rings. The molecule has 1 heterocycles. The molecule has 0 saturated carbocycles. The van der Waals surface area contributed by atoms with Crippen LogP contribution in [0.1, 0.15) is 25.0 Å². The van der Waals surface area contributed by atoms with Gasteiger partial charge in [0.25, 0.3) is 0 Å². The molecule has 0 bridgehead atoms. The van der Waals surface area contributed by atoms with Crippen LogP contribution in [0.2, 0.25) is 0 Å². The molecule has 0 amide bonds. The second-order valence-electron chi connectivity index (χ2n) is 7.54. The molecule has 156 valence electrons. The fourth-order valence-corrected chi connectivity index (χ4v) is 3.50. The van der Waals surface area contributed by atoms with Crippen LogP contribution < -0.4 is 10.2 Å². The fourth-order valence-electron chi connectivity index (χ4n) is 3.50. The molecule has 1 aliphatic rings. The summed E-state index contributed by atoms with van der Waals surface area (Å²) < 4.78 is 5.70. The van der Waals surface area contributed by atoms with Crippen molar-refractivity contribution >= 4 is 11.6 Å². The number of ether oxygens (including phenoxy) is 1. The van der Waals surface area contributed by atoms with Crippen molar-refractivity contribution in [1.29, 1.82) is 0 Å². The summed E-state index contributed by atoms with van der Waals surface area (Å²) in [7, 11) is 1.82. The zero-order chi connectivity index (χ0) is 20.6. The van der Waals surface area contributed by atoms with Gasteiger partial charge >= 0.3 is 0 Å². The van der Waals surface area contributed by atoms with E-state index in [1.54, 1.807) is 6.07 Å². The smallest absolute Gasteiger partial charge is 0.194 e. The number of phenolic OH excluding ortho intramolecular Hbond substituents is 1. The van der Waals surface area contributed by atoms with Gasteiger partial charge in [-0.05, 0) is 37.1 Å². The van der Waals surface area contributed by atoms with Gasteiger partial charge in [-0.25, -0.2) is 0 Å². The van der Waals surface area contributed by atoms with Crippen LogP contribution in [0.15, 0.2) is 53.5 Å². The maximum atomic E-state index is 10.1. The van der Waals surface area contributed by atoms with E-state index in [2.05, 4.69) is 44.4 Å². The molecule has 0 radical (unpaired) electrons. The van der Waals surface area contributed by atoms with E-state index < -0.39 is 0 Å². The second kappa shape index (κ2) is 10.2. The van der Waals surface area contributed by atoms with E-state index in [1.165, 1.54) is 11.1 Å². The van der Waals surface area contributed by atoms with Crippen LogP contribution in [0.25, 0.3) is 0 Å². The standard InChI is InChI=1S/C23H32N4O2/c1-18(2)29-17-20-8-6-7-19(15-20)16-25-23(24-3)27-13-11-26(12-14-27)21-9-4-5-10-22(21)28/h4-10,15,18,28H,11-14,16-17H2,1-3H3,(H,24,25). The minimum absolute atomic E-state index is 0.229. The molecule has 29 heavy (non-hydrogen) atoms. The number of aromatic hydroxyl groups is 1. The van der Waals surface area contributed by atoms with E-state index in [4.69, 9.17) is 4.74 Å². The number of benzene rings is 2. The van der Waals surface area contributed by atoms with E-state index in [9.17, 15) is 5.11 Å². The van der Waals surface area contributed by atoms with Gasteiger partial charge < -0.3 is 25.0 Å². The van der Waals surface area contributed by atoms with Gasteiger partial charge in [-0.15, -0.1) is 0 Å². The quantitative estimate of drug-likeness (QED) is 0.580. The van der Waals surface area contributed by atoms with Gasteiger partial charge in [0.1, 0.15) is 5.75 Å². The number of nitrogens with one attached hydrogen (secondary N) is 1. The number of hydrogen-bond donors (Lipinski definition) is 2. The lowest BCUT2D eigenvalue weighted by Gasteiger charge is -2.37. The second-order valence-corrected chi connectivity index (χ2v) is 7.54. The maximum absolute atomic E-state index is 10.1. The molecule has 0 atom stereocenters. The minimum Gasteiger partial charge on any atom is -0.506 e. The van der Waals surface area contributed by atoms with Crippen molar-refractivity contribution in [3.63, 3.8) is 0 Å². The minimum atomic E-state index is 0.229. The van der Waals surface area contributed by atoms with Crippen molar-refractivity contribution in [3.8, 4) is 5.75 Å². The third-order valence-corrected chi connectivity index (χ3v) is 5.04. The molecule has 1 saturated heterocycles. The molecule has 1 aliphatic heterocycles. The summed E-state index contributed by atoms with van der Waals surface area (Å²) in [6.07, 6.45) is 0.229. The first-order valence-electron chi connectivity index (χ1n) is 10.2. The molecular formula is C23H32N4O2. The predicted molar refractivity (Wildman–Crippen MR) is 118 cm³/mol. The first-order chi connectivity index (χ1) is 14.1. The van der Waals surface area contributed by atoms with Crippen molar-refractivity contribution < 1.29 is 9.84 Å². The third-order valence-electron chi connectivity index (χ3n) is 5.04. The number of rotatable bonds is 6. The number of anilines is 1. The largest absolute Gasteiger partial charge is 0.506 e. The highest BCUT2D eigenvalue weighted by Crippen LogP contribution is 2.27. The SMILES string of the molecule is CN=C(NCc1cccc(COC(C)C)c1)N1CCN(c2ccccc2O)CC1. The Bertz CT molecular complexity index is 814. The third kappa shape index (κ3) is 5.87. The molecule has 2 N–H and O–H groups in total. The van der Waals surface area contributed by atoms with Crippen LogP contribution >= 0.6 is 0 Å². The molecule has 0 aliphatic carbocycles. The van der Waals surface area contributed by atoms with Gasteiger partial charge in [0.15, 0.2) is 5.96 Å². The Labute approximate surface area is 173 Å². The molecule has 0 spiro atoms. The van der Waals surface area contributed by atoms with Crippen molar-refractivity contribution in [2.75, 3.05) is 38.1 Å². The molecule has 0 unspecified atom stereocenters. The highest BCUT2D eigenvalue weighted by Gasteiger charge is 2.21. The van der Waals surface area contributed by atoms with Crippen molar-refractivity contribution in [3.05, 3.63) is 59.7 Å². The van der Waals surface area contributed by atoms with Gasteiger partial charge in [-0.1, -0.05) is 36.4 Å². The average Bonchev–Trinajstić information content (AvgIpc) is 2.74. The Morgan fingerprint density at radius 2 is 1.79 bits per heavy atom. The topological polar surface area (TPSA) is 60.3 Å². The molecule has 0 aromatic heterocycles. The van der Waals surface area contributed by atoms with Gasteiger partial charge in [0.2, 0.25) is 0 Å². The summed E-state index contributed by atoms with van der Waals surface area (Å²) in [6.45, 7) is 8.87. The Morgan fingerprint density at radius 3 is 2.48 bits per heavy atom. The van der Waals surface area contributed by atoms with Gasteiger partial charge in [-0.2, -0.15) is 0 Å². The summed E-state index contributed by atoms with van der Waals surface area (Å²) in [5.74, 6) is 1.25. The monoisotopic (exact) mass is 396 g/mol. The van der Waals surface area contributed by atoms with E-state index in [0.29, 0.717) is 12.4 Å². The molecule has 3 rings (SSSR count). The number of guanidine groups is 1. The molecule has 6 heteroatoms. The number of nitrogens with zero attached hydrogens (tertiary/aromatic N) is 3. The lowest BCUT2D eigenvalue weighted by molar-refractivity contribution is 0.0657. The average molecular weight is 397 g/mol. The number of hydrogen-bond acceptors (Lipinski definition) is 4. The first-order valence-corrected chi connectivity index (χ1v) is 10.2.